The molecule has 20 heavy (non-hydrogen) atoms. The van der Waals surface area contributed by atoms with E-state index in [2.05, 4.69) is 38.1 Å². The summed E-state index contributed by atoms with van der Waals surface area (Å²) in [7, 11) is 0. The first-order valence-electron chi connectivity index (χ1n) is 7.03. The number of amides is 1. The largest absolute Gasteiger partial charge is 0.305 e. The highest BCUT2D eigenvalue weighted by molar-refractivity contribution is 5.94. The van der Waals surface area contributed by atoms with Gasteiger partial charge in [0.25, 0.3) is 0 Å². The second-order valence-corrected chi connectivity index (χ2v) is 5.58. The lowest BCUT2D eigenvalue weighted by Gasteiger charge is -2.25. The van der Waals surface area contributed by atoms with Crippen molar-refractivity contribution in [3.8, 4) is 0 Å². The predicted octanol–water partition coefficient (Wildman–Crippen LogP) is 3.95. The van der Waals surface area contributed by atoms with Crippen LogP contribution in [0.3, 0.4) is 0 Å². The number of fused-ring (bicyclic) bond motifs is 1. The van der Waals surface area contributed by atoms with E-state index in [0.717, 1.165) is 12.1 Å². The van der Waals surface area contributed by atoms with Crippen molar-refractivity contribution in [1.29, 1.82) is 0 Å². The highest BCUT2D eigenvalue weighted by Crippen LogP contribution is 2.40. The van der Waals surface area contributed by atoms with E-state index in [1.807, 2.05) is 23.1 Å². The maximum absolute atomic E-state index is 12.1. The fourth-order valence-electron chi connectivity index (χ4n) is 3.01. The molecule has 3 rings (SSSR count). The summed E-state index contributed by atoms with van der Waals surface area (Å²) in [5.74, 6) is 0.109. The van der Waals surface area contributed by atoms with Crippen LogP contribution in [0.1, 0.15) is 35.2 Å². The summed E-state index contributed by atoms with van der Waals surface area (Å²) in [6, 6.07) is 14.8. The predicted molar refractivity (Wildman–Crippen MR) is 82.0 cm³/mol. The Kier molecular flexibility index (Phi) is 3.09. The molecular weight excluding hydrogens is 246 g/mol. The molecule has 1 heterocycles. The number of hydrogen-bond acceptors (Lipinski definition) is 1. The minimum absolute atomic E-state index is 0.109. The Morgan fingerprint density at radius 1 is 1.10 bits per heavy atom. The summed E-state index contributed by atoms with van der Waals surface area (Å²) >= 11 is 0. The first kappa shape index (κ1) is 12.9. The third kappa shape index (κ3) is 2.01. The molecule has 0 bridgehead atoms. The van der Waals surface area contributed by atoms with Crippen molar-refractivity contribution < 1.29 is 4.79 Å². The molecule has 0 aromatic heterocycles. The van der Waals surface area contributed by atoms with Crippen molar-refractivity contribution in [1.82, 2.24) is 0 Å². The molecule has 0 saturated carbocycles. The number of carbonyl (C=O) groups excluding carboxylic acids is 1. The van der Waals surface area contributed by atoms with Gasteiger partial charge in [-0.1, -0.05) is 36.4 Å². The maximum Gasteiger partial charge on any atom is 0.224 e. The summed E-state index contributed by atoms with van der Waals surface area (Å²) in [6.45, 7) is 5.89. The molecule has 0 fully saturated rings. The molecular formula is C18H19NO. The van der Waals surface area contributed by atoms with E-state index in [1.54, 1.807) is 6.92 Å². The van der Waals surface area contributed by atoms with E-state index in [0.29, 0.717) is 0 Å². The maximum atomic E-state index is 12.1. The average molecular weight is 265 g/mol. The third-order valence-corrected chi connectivity index (χ3v) is 4.23. The van der Waals surface area contributed by atoms with Gasteiger partial charge in [-0.25, -0.2) is 0 Å². The first-order chi connectivity index (χ1) is 9.58. The number of para-hydroxylation sites is 1. The lowest BCUT2D eigenvalue weighted by Crippen LogP contribution is -2.29. The molecule has 0 spiro atoms. The first-order valence-corrected chi connectivity index (χ1v) is 7.03. The van der Waals surface area contributed by atoms with E-state index in [9.17, 15) is 4.79 Å². The zero-order chi connectivity index (χ0) is 14.3. The molecule has 1 aliphatic rings. The molecule has 2 aromatic carbocycles. The van der Waals surface area contributed by atoms with Crippen LogP contribution in [0.25, 0.3) is 0 Å². The van der Waals surface area contributed by atoms with Gasteiger partial charge in [-0.05, 0) is 48.6 Å². The van der Waals surface area contributed by atoms with Crippen molar-refractivity contribution in [2.75, 3.05) is 4.90 Å². The molecule has 0 saturated heterocycles. The molecule has 0 radical (unpaired) electrons. The Bertz CT molecular complexity index is 675. The fraction of sp³-hybridized carbons (Fsp3) is 0.278. The van der Waals surface area contributed by atoms with Gasteiger partial charge in [-0.15, -0.1) is 0 Å². The zero-order valence-corrected chi connectivity index (χ0v) is 12.2. The van der Waals surface area contributed by atoms with Gasteiger partial charge < -0.3 is 4.90 Å². The van der Waals surface area contributed by atoms with Gasteiger partial charge in [-0.2, -0.15) is 0 Å². The number of hydrogen-bond donors (Lipinski definition) is 0. The fourth-order valence-corrected chi connectivity index (χ4v) is 3.01. The number of rotatable bonds is 1. The van der Waals surface area contributed by atoms with Crippen LogP contribution in [0.5, 0.6) is 0 Å². The quantitative estimate of drug-likeness (QED) is 0.764. The van der Waals surface area contributed by atoms with Crippen LogP contribution in [0, 0.1) is 13.8 Å². The Morgan fingerprint density at radius 3 is 2.55 bits per heavy atom. The Morgan fingerprint density at radius 2 is 1.85 bits per heavy atom. The molecule has 1 atom stereocenters. The summed E-state index contributed by atoms with van der Waals surface area (Å²) < 4.78 is 0. The van der Waals surface area contributed by atoms with Crippen LogP contribution in [0.15, 0.2) is 42.5 Å². The summed E-state index contributed by atoms with van der Waals surface area (Å²) in [5.41, 5.74) is 6.11. The van der Waals surface area contributed by atoms with E-state index in [-0.39, 0.29) is 11.9 Å². The van der Waals surface area contributed by atoms with Crippen molar-refractivity contribution in [3.63, 3.8) is 0 Å². The van der Waals surface area contributed by atoms with E-state index >= 15 is 0 Å². The average Bonchev–Trinajstić information content (AvgIpc) is 2.81. The van der Waals surface area contributed by atoms with Gasteiger partial charge in [-0.3, -0.25) is 4.79 Å². The van der Waals surface area contributed by atoms with Crippen molar-refractivity contribution >= 4 is 11.6 Å². The molecule has 0 N–H and O–H groups in total. The molecule has 2 heteroatoms. The van der Waals surface area contributed by atoms with Crippen molar-refractivity contribution in [3.05, 3.63) is 64.7 Å². The van der Waals surface area contributed by atoms with E-state index in [1.165, 1.54) is 22.3 Å². The molecule has 1 unspecified atom stereocenters. The molecule has 2 aromatic rings. The van der Waals surface area contributed by atoms with Crippen LogP contribution in [-0.4, -0.2) is 5.91 Å². The van der Waals surface area contributed by atoms with Crippen LogP contribution < -0.4 is 4.90 Å². The molecule has 1 amide bonds. The smallest absolute Gasteiger partial charge is 0.224 e. The van der Waals surface area contributed by atoms with Gasteiger partial charge >= 0.3 is 0 Å². The number of aryl methyl sites for hydroxylation is 2. The highest BCUT2D eigenvalue weighted by atomic mass is 16.2. The van der Waals surface area contributed by atoms with Crippen molar-refractivity contribution in [2.24, 2.45) is 0 Å². The van der Waals surface area contributed by atoms with Crippen LogP contribution in [-0.2, 0) is 11.2 Å². The highest BCUT2D eigenvalue weighted by Gasteiger charge is 2.32. The van der Waals surface area contributed by atoms with Crippen LogP contribution in [0.4, 0.5) is 5.69 Å². The zero-order valence-electron chi connectivity index (χ0n) is 12.2. The van der Waals surface area contributed by atoms with E-state index < -0.39 is 0 Å². The minimum Gasteiger partial charge on any atom is -0.305 e. The Balaban J connectivity index is 2.06. The molecule has 1 aliphatic heterocycles. The Labute approximate surface area is 120 Å². The monoisotopic (exact) mass is 265 g/mol. The van der Waals surface area contributed by atoms with Gasteiger partial charge in [0, 0.05) is 12.6 Å². The SMILES string of the molecule is CC(=O)N1c2ccccc2CC1c1ccc(C)c(C)c1. The number of anilines is 1. The summed E-state index contributed by atoms with van der Waals surface area (Å²) in [5, 5.41) is 0. The number of carbonyl (C=O) groups is 1. The van der Waals surface area contributed by atoms with E-state index in [4.69, 9.17) is 0 Å². The van der Waals surface area contributed by atoms with Crippen LogP contribution in [0.2, 0.25) is 0 Å². The third-order valence-electron chi connectivity index (χ3n) is 4.23. The number of benzene rings is 2. The minimum atomic E-state index is 0.109. The topological polar surface area (TPSA) is 20.3 Å². The van der Waals surface area contributed by atoms with Gasteiger partial charge in [0.15, 0.2) is 0 Å². The lowest BCUT2D eigenvalue weighted by molar-refractivity contribution is -0.116. The van der Waals surface area contributed by atoms with Gasteiger partial charge in [0.2, 0.25) is 5.91 Å². The van der Waals surface area contributed by atoms with Crippen LogP contribution >= 0.6 is 0 Å². The molecule has 2 nitrogen and oxygen atoms in total. The van der Waals surface area contributed by atoms with Gasteiger partial charge in [0.1, 0.15) is 0 Å². The number of nitrogens with zero attached hydrogens (tertiary/aromatic N) is 1. The molecule has 102 valence electrons. The normalized spacial score (nSPS) is 17.1. The lowest BCUT2D eigenvalue weighted by atomic mass is 9.98. The van der Waals surface area contributed by atoms with Gasteiger partial charge in [0.05, 0.1) is 6.04 Å². The standard InChI is InChI=1S/C18H19NO/c1-12-8-9-16(10-13(12)2)18-11-15-6-4-5-7-17(15)19(18)14(3)20/h4-10,18H,11H2,1-3H3. The van der Waals surface area contributed by atoms with Crippen molar-refractivity contribution in [2.45, 2.75) is 33.2 Å². The second kappa shape index (κ2) is 4.78. The Hall–Kier alpha value is -2.09. The molecule has 0 aliphatic carbocycles. The summed E-state index contributed by atoms with van der Waals surface area (Å²) in [4.78, 5) is 14.0. The summed E-state index contributed by atoms with van der Waals surface area (Å²) in [6.07, 6.45) is 0.901. The second-order valence-electron chi connectivity index (χ2n) is 5.58.